The normalized spacial score (nSPS) is 13.6. The Labute approximate surface area is 182 Å². The van der Waals surface area contributed by atoms with Crippen LogP contribution in [-0.2, 0) is 9.53 Å². The number of carbonyl (C=O) groups excluding carboxylic acids is 3. The van der Waals surface area contributed by atoms with Crippen molar-refractivity contribution in [2.45, 2.75) is 11.9 Å². The van der Waals surface area contributed by atoms with E-state index in [0.29, 0.717) is 37.8 Å². The van der Waals surface area contributed by atoms with E-state index >= 15 is 0 Å². The van der Waals surface area contributed by atoms with E-state index < -0.39 is 11.7 Å². The highest BCUT2D eigenvalue weighted by Crippen LogP contribution is 2.17. The van der Waals surface area contributed by atoms with Gasteiger partial charge < -0.3 is 19.9 Å². The molecule has 1 saturated heterocycles. The predicted molar refractivity (Wildman–Crippen MR) is 112 cm³/mol. The van der Waals surface area contributed by atoms with Gasteiger partial charge in [-0.1, -0.05) is 23.9 Å². The molecule has 1 aromatic heterocycles. The number of piperazine rings is 1. The van der Waals surface area contributed by atoms with E-state index in [-0.39, 0.29) is 29.1 Å². The second-order valence-electron chi connectivity index (χ2n) is 6.55. The molecule has 0 saturated carbocycles. The van der Waals surface area contributed by atoms with Gasteiger partial charge in [0, 0.05) is 26.2 Å². The summed E-state index contributed by atoms with van der Waals surface area (Å²) in [4.78, 5) is 39.5. The molecule has 0 unspecified atom stereocenters. The summed E-state index contributed by atoms with van der Waals surface area (Å²) >= 11 is 1.22. The SMILES string of the molecule is CCOC(=O)N1CCN(C(=O)CSc2ccc(NC(=O)c3ccccc3F)nn2)CC1. The van der Waals surface area contributed by atoms with Crippen LogP contribution in [0, 0.1) is 5.82 Å². The standard InChI is InChI=1S/C20H22FN5O4S/c1-2-30-20(29)26-11-9-25(10-12-26)18(27)13-31-17-8-7-16(23-24-17)22-19(28)14-5-3-4-6-15(14)21/h3-8H,2,9-13H2,1H3,(H,22,23,28). The van der Waals surface area contributed by atoms with Crippen molar-refractivity contribution >= 4 is 35.5 Å². The molecule has 3 rings (SSSR count). The zero-order valence-electron chi connectivity index (χ0n) is 16.9. The number of anilines is 1. The molecule has 9 nitrogen and oxygen atoms in total. The molecule has 1 aliphatic heterocycles. The minimum Gasteiger partial charge on any atom is -0.450 e. The van der Waals surface area contributed by atoms with E-state index in [1.165, 1.54) is 36.0 Å². The minimum atomic E-state index is -0.623. The van der Waals surface area contributed by atoms with Gasteiger partial charge in [0.05, 0.1) is 17.9 Å². The Morgan fingerprint density at radius 2 is 1.77 bits per heavy atom. The number of hydrogen-bond acceptors (Lipinski definition) is 7. The second-order valence-corrected chi connectivity index (χ2v) is 7.54. The fourth-order valence-corrected chi connectivity index (χ4v) is 3.59. The fraction of sp³-hybridized carbons (Fsp3) is 0.350. The Morgan fingerprint density at radius 3 is 2.42 bits per heavy atom. The molecule has 31 heavy (non-hydrogen) atoms. The smallest absolute Gasteiger partial charge is 0.409 e. The van der Waals surface area contributed by atoms with E-state index in [2.05, 4.69) is 15.5 Å². The molecule has 3 amide bonds. The average Bonchev–Trinajstić information content (AvgIpc) is 2.79. The monoisotopic (exact) mass is 447 g/mol. The highest BCUT2D eigenvalue weighted by molar-refractivity contribution is 7.99. The maximum Gasteiger partial charge on any atom is 0.409 e. The number of nitrogens with one attached hydrogen (secondary N) is 1. The van der Waals surface area contributed by atoms with Gasteiger partial charge in [-0.15, -0.1) is 10.2 Å². The first kappa shape index (κ1) is 22.5. The second kappa shape index (κ2) is 10.7. The summed E-state index contributed by atoms with van der Waals surface area (Å²) in [5.74, 6) is -0.951. The summed E-state index contributed by atoms with van der Waals surface area (Å²) < 4.78 is 18.6. The van der Waals surface area contributed by atoms with Crippen LogP contribution in [0.25, 0.3) is 0 Å². The summed E-state index contributed by atoms with van der Waals surface area (Å²) in [6, 6.07) is 8.81. The molecule has 1 N–H and O–H groups in total. The Morgan fingerprint density at radius 1 is 1.06 bits per heavy atom. The van der Waals surface area contributed by atoms with E-state index in [9.17, 15) is 18.8 Å². The Kier molecular flexibility index (Phi) is 7.76. The molecule has 164 valence electrons. The first-order valence-electron chi connectivity index (χ1n) is 9.69. The largest absolute Gasteiger partial charge is 0.450 e. The number of carbonyl (C=O) groups is 3. The first-order chi connectivity index (χ1) is 15.0. The molecule has 0 radical (unpaired) electrons. The highest BCUT2D eigenvalue weighted by Gasteiger charge is 2.24. The highest BCUT2D eigenvalue weighted by atomic mass is 32.2. The van der Waals surface area contributed by atoms with Crippen LogP contribution >= 0.6 is 11.8 Å². The number of halogens is 1. The molecular weight excluding hydrogens is 425 g/mol. The Hall–Kier alpha value is -3.21. The van der Waals surface area contributed by atoms with Gasteiger partial charge in [0.2, 0.25) is 5.91 Å². The molecule has 1 fully saturated rings. The third kappa shape index (κ3) is 6.14. The van der Waals surface area contributed by atoms with Gasteiger partial charge >= 0.3 is 6.09 Å². The lowest BCUT2D eigenvalue weighted by atomic mass is 10.2. The number of nitrogens with zero attached hydrogens (tertiary/aromatic N) is 4. The van der Waals surface area contributed by atoms with Crippen LogP contribution in [0.3, 0.4) is 0 Å². The van der Waals surface area contributed by atoms with Crippen molar-refractivity contribution in [3.8, 4) is 0 Å². The minimum absolute atomic E-state index is 0.0627. The average molecular weight is 447 g/mol. The summed E-state index contributed by atoms with van der Waals surface area (Å²) in [6.07, 6.45) is -0.360. The van der Waals surface area contributed by atoms with Crippen LogP contribution in [0.2, 0.25) is 0 Å². The number of ether oxygens (including phenoxy) is 1. The van der Waals surface area contributed by atoms with E-state index in [1.807, 2.05) is 0 Å². The molecule has 0 bridgehead atoms. The van der Waals surface area contributed by atoms with Crippen LogP contribution < -0.4 is 5.32 Å². The van der Waals surface area contributed by atoms with Crippen molar-refractivity contribution in [2.24, 2.45) is 0 Å². The van der Waals surface area contributed by atoms with Crippen molar-refractivity contribution in [3.63, 3.8) is 0 Å². The maximum atomic E-state index is 13.7. The fourth-order valence-electron chi connectivity index (χ4n) is 2.87. The first-order valence-corrected chi connectivity index (χ1v) is 10.7. The Balaban J connectivity index is 1.45. The van der Waals surface area contributed by atoms with Crippen LogP contribution in [0.4, 0.5) is 15.0 Å². The van der Waals surface area contributed by atoms with Crippen LogP contribution in [0.1, 0.15) is 17.3 Å². The summed E-state index contributed by atoms with van der Waals surface area (Å²) in [6.45, 7) is 3.84. The molecule has 1 aromatic carbocycles. The number of benzene rings is 1. The lowest BCUT2D eigenvalue weighted by molar-refractivity contribution is -0.129. The number of rotatable bonds is 6. The summed E-state index contributed by atoms with van der Waals surface area (Å²) in [5, 5.41) is 10.9. The van der Waals surface area contributed by atoms with Gasteiger partial charge in [0.25, 0.3) is 5.91 Å². The number of amides is 3. The van der Waals surface area contributed by atoms with Crippen molar-refractivity contribution in [3.05, 3.63) is 47.8 Å². The molecular formula is C20H22FN5O4S. The van der Waals surface area contributed by atoms with Crippen LogP contribution in [-0.4, -0.2) is 76.4 Å². The molecule has 2 aromatic rings. The van der Waals surface area contributed by atoms with Crippen LogP contribution in [0.5, 0.6) is 0 Å². The maximum absolute atomic E-state index is 13.7. The van der Waals surface area contributed by atoms with Crippen molar-refractivity contribution in [2.75, 3.05) is 43.9 Å². The third-order valence-corrected chi connectivity index (χ3v) is 5.41. The summed E-state index contributed by atoms with van der Waals surface area (Å²) in [5.41, 5.74) is -0.0867. The van der Waals surface area contributed by atoms with Gasteiger partial charge in [-0.3, -0.25) is 9.59 Å². The lowest BCUT2D eigenvalue weighted by Crippen LogP contribution is -2.51. The zero-order valence-corrected chi connectivity index (χ0v) is 17.7. The quantitative estimate of drug-likeness (QED) is 0.677. The molecule has 0 spiro atoms. The van der Waals surface area contributed by atoms with Gasteiger partial charge in [-0.25, -0.2) is 9.18 Å². The van der Waals surface area contributed by atoms with Crippen molar-refractivity contribution < 1.29 is 23.5 Å². The number of thioether (sulfide) groups is 1. The Bertz CT molecular complexity index is 935. The topological polar surface area (TPSA) is 105 Å². The van der Waals surface area contributed by atoms with E-state index in [4.69, 9.17) is 4.74 Å². The van der Waals surface area contributed by atoms with Gasteiger partial charge in [-0.05, 0) is 31.2 Å². The number of hydrogen-bond donors (Lipinski definition) is 1. The predicted octanol–water partition coefficient (Wildman–Crippen LogP) is 2.26. The van der Waals surface area contributed by atoms with E-state index in [1.54, 1.807) is 28.9 Å². The molecule has 1 aliphatic rings. The van der Waals surface area contributed by atoms with Crippen molar-refractivity contribution in [1.82, 2.24) is 20.0 Å². The van der Waals surface area contributed by atoms with Gasteiger partial charge in [0.1, 0.15) is 10.8 Å². The van der Waals surface area contributed by atoms with Gasteiger partial charge in [-0.2, -0.15) is 0 Å². The molecule has 2 heterocycles. The number of aromatic nitrogens is 2. The zero-order chi connectivity index (χ0) is 22.2. The molecule has 0 aliphatic carbocycles. The van der Waals surface area contributed by atoms with E-state index in [0.717, 1.165) is 0 Å². The molecule has 0 atom stereocenters. The molecule has 11 heteroatoms. The summed E-state index contributed by atoms with van der Waals surface area (Å²) in [7, 11) is 0. The lowest BCUT2D eigenvalue weighted by Gasteiger charge is -2.34. The van der Waals surface area contributed by atoms with Gasteiger partial charge in [0.15, 0.2) is 5.82 Å². The third-order valence-electron chi connectivity index (χ3n) is 4.50. The van der Waals surface area contributed by atoms with Crippen molar-refractivity contribution in [1.29, 1.82) is 0 Å². The van der Waals surface area contributed by atoms with Crippen LogP contribution in [0.15, 0.2) is 41.4 Å².